The summed E-state index contributed by atoms with van der Waals surface area (Å²) in [6, 6.07) is 6.18. The summed E-state index contributed by atoms with van der Waals surface area (Å²) >= 11 is 0. The van der Waals surface area contributed by atoms with Crippen LogP contribution in [0.3, 0.4) is 0 Å². The predicted octanol–water partition coefficient (Wildman–Crippen LogP) is 3.17. The molecule has 0 aromatic heterocycles. The van der Waals surface area contributed by atoms with Crippen molar-refractivity contribution in [3.63, 3.8) is 0 Å². The van der Waals surface area contributed by atoms with Crippen LogP contribution >= 0.6 is 0 Å². The summed E-state index contributed by atoms with van der Waals surface area (Å²) in [6.45, 7) is 6.71. The van der Waals surface area contributed by atoms with Gasteiger partial charge < -0.3 is 19.5 Å². The number of ether oxygens (including phenoxy) is 3. The number of benzene rings is 1. The quantitative estimate of drug-likeness (QED) is 0.669. The van der Waals surface area contributed by atoms with E-state index in [9.17, 15) is 0 Å². The van der Waals surface area contributed by atoms with Crippen molar-refractivity contribution in [1.29, 1.82) is 0 Å². The summed E-state index contributed by atoms with van der Waals surface area (Å²) in [5, 5.41) is 3.49. The van der Waals surface area contributed by atoms with Crippen molar-refractivity contribution in [3.05, 3.63) is 23.8 Å². The van der Waals surface area contributed by atoms with E-state index in [-0.39, 0.29) is 6.04 Å². The molecule has 0 saturated carbocycles. The molecule has 0 bridgehead atoms. The number of rotatable bonds is 10. The summed E-state index contributed by atoms with van der Waals surface area (Å²) in [5.74, 6) is 1.66. The van der Waals surface area contributed by atoms with Gasteiger partial charge in [-0.3, -0.25) is 0 Å². The largest absolute Gasteiger partial charge is 0.497 e. The zero-order valence-corrected chi connectivity index (χ0v) is 13.1. The van der Waals surface area contributed by atoms with Gasteiger partial charge in [0.05, 0.1) is 14.2 Å². The fourth-order valence-electron chi connectivity index (χ4n) is 2.17. The lowest BCUT2D eigenvalue weighted by atomic mass is 10.0. The highest BCUT2D eigenvalue weighted by molar-refractivity contribution is 5.42. The highest BCUT2D eigenvalue weighted by Crippen LogP contribution is 2.31. The van der Waals surface area contributed by atoms with Crippen LogP contribution in [0.2, 0.25) is 0 Å². The van der Waals surface area contributed by atoms with Crippen molar-refractivity contribution in [1.82, 2.24) is 5.32 Å². The van der Waals surface area contributed by atoms with Crippen molar-refractivity contribution in [2.45, 2.75) is 32.7 Å². The normalized spacial score (nSPS) is 12.2. The number of methoxy groups -OCH3 is 2. The van der Waals surface area contributed by atoms with Gasteiger partial charge in [-0.15, -0.1) is 0 Å². The SMILES string of the molecule is CCCOCCC(NCC)c1ccc(OC)cc1OC. The van der Waals surface area contributed by atoms with Crippen LogP contribution in [0.25, 0.3) is 0 Å². The van der Waals surface area contributed by atoms with Gasteiger partial charge >= 0.3 is 0 Å². The summed E-state index contributed by atoms with van der Waals surface area (Å²) in [7, 11) is 3.35. The van der Waals surface area contributed by atoms with Crippen LogP contribution < -0.4 is 14.8 Å². The van der Waals surface area contributed by atoms with Crippen LogP contribution in [0.1, 0.15) is 38.3 Å². The second-order valence-corrected chi connectivity index (χ2v) is 4.62. The lowest BCUT2D eigenvalue weighted by Crippen LogP contribution is -2.23. The van der Waals surface area contributed by atoms with E-state index in [1.165, 1.54) is 0 Å². The molecule has 1 rings (SSSR count). The highest BCUT2D eigenvalue weighted by atomic mass is 16.5. The molecule has 0 amide bonds. The van der Waals surface area contributed by atoms with Crippen molar-refractivity contribution in [2.24, 2.45) is 0 Å². The van der Waals surface area contributed by atoms with Crippen molar-refractivity contribution < 1.29 is 14.2 Å². The molecule has 1 aromatic rings. The third kappa shape index (κ3) is 5.02. The monoisotopic (exact) mass is 281 g/mol. The first kappa shape index (κ1) is 16.8. The smallest absolute Gasteiger partial charge is 0.127 e. The molecule has 1 unspecified atom stereocenters. The van der Waals surface area contributed by atoms with Crippen molar-refractivity contribution in [2.75, 3.05) is 34.0 Å². The minimum atomic E-state index is 0.234. The maximum absolute atomic E-state index is 5.59. The molecule has 0 aliphatic rings. The molecule has 0 aliphatic carbocycles. The second kappa shape index (κ2) is 9.61. The van der Waals surface area contributed by atoms with Gasteiger partial charge in [-0.05, 0) is 25.5 Å². The third-order valence-corrected chi connectivity index (χ3v) is 3.17. The van der Waals surface area contributed by atoms with E-state index in [0.29, 0.717) is 0 Å². The standard InChI is InChI=1S/C16H27NO3/c1-5-10-20-11-9-15(17-6-2)14-8-7-13(18-3)12-16(14)19-4/h7-8,12,15,17H,5-6,9-11H2,1-4H3. The van der Waals surface area contributed by atoms with Crippen LogP contribution in [0.15, 0.2) is 18.2 Å². The number of hydrogen-bond acceptors (Lipinski definition) is 4. The molecule has 1 atom stereocenters. The predicted molar refractivity (Wildman–Crippen MR) is 81.7 cm³/mol. The average Bonchev–Trinajstić information content (AvgIpc) is 2.49. The van der Waals surface area contributed by atoms with E-state index < -0.39 is 0 Å². The van der Waals surface area contributed by atoms with Gasteiger partial charge in [0.25, 0.3) is 0 Å². The van der Waals surface area contributed by atoms with Gasteiger partial charge in [-0.2, -0.15) is 0 Å². The maximum Gasteiger partial charge on any atom is 0.127 e. The van der Waals surface area contributed by atoms with Crippen LogP contribution in [0.4, 0.5) is 0 Å². The molecule has 0 saturated heterocycles. The Morgan fingerprint density at radius 2 is 1.90 bits per heavy atom. The molecule has 4 heteroatoms. The Balaban J connectivity index is 2.78. The van der Waals surface area contributed by atoms with Gasteiger partial charge in [-0.25, -0.2) is 0 Å². The van der Waals surface area contributed by atoms with Gasteiger partial charge in [0, 0.05) is 30.9 Å². The first-order valence-corrected chi connectivity index (χ1v) is 7.29. The van der Waals surface area contributed by atoms with Gasteiger partial charge in [0.1, 0.15) is 11.5 Å². The maximum atomic E-state index is 5.59. The Morgan fingerprint density at radius 3 is 2.50 bits per heavy atom. The highest BCUT2D eigenvalue weighted by Gasteiger charge is 2.15. The Bertz CT molecular complexity index is 382. The second-order valence-electron chi connectivity index (χ2n) is 4.62. The van der Waals surface area contributed by atoms with Crippen LogP contribution in [0, 0.1) is 0 Å². The fourth-order valence-corrected chi connectivity index (χ4v) is 2.17. The lowest BCUT2D eigenvalue weighted by Gasteiger charge is -2.21. The average molecular weight is 281 g/mol. The summed E-state index contributed by atoms with van der Waals surface area (Å²) < 4.78 is 16.3. The molecular weight excluding hydrogens is 254 g/mol. The molecule has 0 heterocycles. The minimum Gasteiger partial charge on any atom is -0.497 e. The molecule has 0 radical (unpaired) electrons. The van der Waals surface area contributed by atoms with Gasteiger partial charge in [0.2, 0.25) is 0 Å². The zero-order valence-electron chi connectivity index (χ0n) is 13.1. The van der Waals surface area contributed by atoms with E-state index in [2.05, 4.69) is 25.2 Å². The first-order chi connectivity index (χ1) is 9.76. The van der Waals surface area contributed by atoms with E-state index in [1.807, 2.05) is 12.1 Å². The summed E-state index contributed by atoms with van der Waals surface area (Å²) in [6.07, 6.45) is 1.98. The summed E-state index contributed by atoms with van der Waals surface area (Å²) in [4.78, 5) is 0. The fraction of sp³-hybridized carbons (Fsp3) is 0.625. The Labute approximate surface area is 122 Å². The van der Waals surface area contributed by atoms with Crippen LogP contribution in [-0.4, -0.2) is 34.0 Å². The van der Waals surface area contributed by atoms with E-state index in [1.54, 1.807) is 14.2 Å². The summed E-state index contributed by atoms with van der Waals surface area (Å²) in [5.41, 5.74) is 1.15. The van der Waals surface area contributed by atoms with E-state index in [4.69, 9.17) is 14.2 Å². The molecule has 20 heavy (non-hydrogen) atoms. The Kier molecular flexibility index (Phi) is 8.07. The molecule has 1 N–H and O–H groups in total. The molecule has 0 spiro atoms. The van der Waals surface area contributed by atoms with E-state index in [0.717, 1.165) is 49.7 Å². The van der Waals surface area contributed by atoms with Crippen LogP contribution in [0.5, 0.6) is 11.5 Å². The van der Waals surface area contributed by atoms with E-state index >= 15 is 0 Å². The number of hydrogen-bond donors (Lipinski definition) is 1. The Hall–Kier alpha value is -1.26. The molecule has 114 valence electrons. The molecule has 1 aromatic carbocycles. The lowest BCUT2D eigenvalue weighted by molar-refractivity contribution is 0.124. The van der Waals surface area contributed by atoms with Crippen molar-refractivity contribution >= 4 is 0 Å². The molecule has 4 nitrogen and oxygen atoms in total. The Morgan fingerprint density at radius 1 is 1.10 bits per heavy atom. The van der Waals surface area contributed by atoms with Crippen LogP contribution in [-0.2, 0) is 4.74 Å². The minimum absolute atomic E-state index is 0.234. The van der Waals surface area contributed by atoms with Gasteiger partial charge in [-0.1, -0.05) is 19.9 Å². The molecule has 0 aliphatic heterocycles. The first-order valence-electron chi connectivity index (χ1n) is 7.29. The zero-order chi connectivity index (χ0) is 14.8. The van der Waals surface area contributed by atoms with Gasteiger partial charge in [0.15, 0.2) is 0 Å². The third-order valence-electron chi connectivity index (χ3n) is 3.17. The van der Waals surface area contributed by atoms with Crippen molar-refractivity contribution in [3.8, 4) is 11.5 Å². The molecular formula is C16H27NO3. The topological polar surface area (TPSA) is 39.7 Å². The molecule has 0 fully saturated rings. The number of nitrogens with one attached hydrogen (secondary N) is 1.